The lowest BCUT2D eigenvalue weighted by Crippen LogP contribution is -2.33. The van der Waals surface area contributed by atoms with Gasteiger partial charge in [0.05, 0.1) is 18.5 Å². The van der Waals surface area contributed by atoms with E-state index < -0.39 is 0 Å². The molecule has 7 nitrogen and oxygen atoms in total. The minimum absolute atomic E-state index is 0.141. The molecule has 2 aliphatic heterocycles. The zero-order valence-electron chi connectivity index (χ0n) is 11.0. The van der Waals surface area contributed by atoms with E-state index in [2.05, 4.69) is 15.5 Å². The molecule has 4 rings (SSSR count). The van der Waals surface area contributed by atoms with Gasteiger partial charge in [-0.05, 0) is 29.0 Å². The molecule has 3 heterocycles. The third-order valence-corrected chi connectivity index (χ3v) is 3.95. The first kappa shape index (κ1) is 11.4. The van der Waals surface area contributed by atoms with Gasteiger partial charge >= 0.3 is 0 Å². The molecule has 0 aliphatic carbocycles. The van der Waals surface area contributed by atoms with Gasteiger partial charge in [-0.25, -0.2) is 0 Å². The van der Waals surface area contributed by atoms with E-state index in [0.717, 1.165) is 29.4 Å². The number of carbonyl (C=O) groups is 1. The Kier molecular flexibility index (Phi) is 2.29. The molecule has 1 aromatic heterocycles. The summed E-state index contributed by atoms with van der Waals surface area (Å²) < 4.78 is 6.96. The summed E-state index contributed by atoms with van der Waals surface area (Å²) >= 11 is 0. The SMILES string of the molecule is COc1ccc2c(c1)-n1nnnc1CC1CCC(=O)N21. The normalized spacial score (nSPS) is 20.1. The summed E-state index contributed by atoms with van der Waals surface area (Å²) in [7, 11) is 1.61. The second kappa shape index (κ2) is 4.03. The number of hydrogen-bond donors (Lipinski definition) is 0. The third kappa shape index (κ3) is 1.46. The smallest absolute Gasteiger partial charge is 0.227 e. The van der Waals surface area contributed by atoms with E-state index in [9.17, 15) is 4.79 Å². The van der Waals surface area contributed by atoms with Gasteiger partial charge in [0.1, 0.15) is 5.75 Å². The zero-order chi connectivity index (χ0) is 13.7. The van der Waals surface area contributed by atoms with Gasteiger partial charge in [-0.15, -0.1) is 5.10 Å². The number of benzene rings is 1. The lowest BCUT2D eigenvalue weighted by atomic mass is 10.1. The van der Waals surface area contributed by atoms with E-state index >= 15 is 0 Å². The molecule has 2 aliphatic rings. The van der Waals surface area contributed by atoms with E-state index in [1.807, 2.05) is 23.1 Å². The molecule has 20 heavy (non-hydrogen) atoms. The number of rotatable bonds is 1. The highest BCUT2D eigenvalue weighted by molar-refractivity contribution is 5.98. The average molecular weight is 271 g/mol. The van der Waals surface area contributed by atoms with Crippen molar-refractivity contribution >= 4 is 11.6 Å². The average Bonchev–Trinajstić information content (AvgIpc) is 3.03. The highest BCUT2D eigenvalue weighted by atomic mass is 16.5. The summed E-state index contributed by atoms with van der Waals surface area (Å²) in [5.74, 6) is 1.65. The van der Waals surface area contributed by atoms with Crippen LogP contribution in [0.3, 0.4) is 0 Å². The van der Waals surface area contributed by atoms with Gasteiger partial charge in [0, 0.05) is 24.9 Å². The quantitative estimate of drug-likeness (QED) is 0.764. The molecule has 0 bridgehead atoms. The molecule has 1 fully saturated rings. The summed E-state index contributed by atoms with van der Waals surface area (Å²) in [5.41, 5.74) is 1.64. The van der Waals surface area contributed by atoms with Crippen LogP contribution in [0.2, 0.25) is 0 Å². The zero-order valence-corrected chi connectivity index (χ0v) is 11.0. The highest BCUT2D eigenvalue weighted by Crippen LogP contribution is 2.37. The van der Waals surface area contributed by atoms with Crippen molar-refractivity contribution in [1.82, 2.24) is 20.2 Å². The number of carbonyl (C=O) groups excluding carboxylic acids is 1. The summed E-state index contributed by atoms with van der Waals surface area (Å²) in [6.45, 7) is 0. The predicted molar refractivity (Wildman–Crippen MR) is 69.9 cm³/mol. The number of amides is 1. The Morgan fingerprint density at radius 1 is 1.35 bits per heavy atom. The predicted octanol–water partition coefficient (Wildman–Crippen LogP) is 0.722. The van der Waals surface area contributed by atoms with Crippen LogP contribution in [-0.4, -0.2) is 39.3 Å². The Balaban J connectivity index is 1.98. The monoisotopic (exact) mass is 271 g/mol. The van der Waals surface area contributed by atoms with Crippen molar-refractivity contribution in [3.8, 4) is 11.4 Å². The Labute approximate surface area is 115 Å². The maximum absolute atomic E-state index is 12.2. The van der Waals surface area contributed by atoms with Crippen LogP contribution in [0.25, 0.3) is 5.69 Å². The molecule has 2 aromatic rings. The van der Waals surface area contributed by atoms with Crippen LogP contribution in [0.15, 0.2) is 18.2 Å². The minimum Gasteiger partial charge on any atom is -0.497 e. The van der Waals surface area contributed by atoms with Gasteiger partial charge < -0.3 is 9.64 Å². The maximum Gasteiger partial charge on any atom is 0.227 e. The van der Waals surface area contributed by atoms with E-state index in [-0.39, 0.29) is 11.9 Å². The second-order valence-electron chi connectivity index (χ2n) is 5.02. The van der Waals surface area contributed by atoms with Crippen molar-refractivity contribution < 1.29 is 9.53 Å². The molecule has 1 aromatic carbocycles. The largest absolute Gasteiger partial charge is 0.497 e. The molecular formula is C13H13N5O2. The first-order valence-corrected chi connectivity index (χ1v) is 6.55. The van der Waals surface area contributed by atoms with Gasteiger partial charge in [-0.3, -0.25) is 4.79 Å². The topological polar surface area (TPSA) is 73.1 Å². The fourth-order valence-electron chi connectivity index (χ4n) is 3.00. The van der Waals surface area contributed by atoms with E-state index in [4.69, 9.17) is 4.74 Å². The number of nitrogens with zero attached hydrogens (tertiary/aromatic N) is 5. The second-order valence-corrected chi connectivity index (χ2v) is 5.02. The standard InChI is InChI=1S/C13H13N5O2/c1-20-9-3-4-10-11(7-9)18-12(14-15-16-18)6-8-2-5-13(19)17(8)10/h3-4,7-8H,2,5-6H2,1H3. The molecule has 7 heteroatoms. The highest BCUT2D eigenvalue weighted by Gasteiger charge is 2.37. The van der Waals surface area contributed by atoms with Crippen molar-refractivity contribution in [1.29, 1.82) is 0 Å². The van der Waals surface area contributed by atoms with Crippen molar-refractivity contribution in [2.24, 2.45) is 0 Å². The van der Waals surface area contributed by atoms with Crippen molar-refractivity contribution in [2.45, 2.75) is 25.3 Å². The Morgan fingerprint density at radius 2 is 2.25 bits per heavy atom. The Morgan fingerprint density at radius 3 is 3.10 bits per heavy atom. The fraction of sp³-hybridized carbons (Fsp3) is 0.385. The molecule has 1 atom stereocenters. The number of aromatic nitrogens is 4. The number of fused-ring (bicyclic) bond motifs is 5. The van der Waals surface area contributed by atoms with Gasteiger partial charge in [0.2, 0.25) is 5.91 Å². The minimum atomic E-state index is 0.141. The summed E-state index contributed by atoms with van der Waals surface area (Å²) in [6.07, 6.45) is 2.10. The van der Waals surface area contributed by atoms with Gasteiger partial charge in [-0.2, -0.15) is 4.68 Å². The number of methoxy groups -OCH3 is 1. The summed E-state index contributed by atoms with van der Waals surface area (Å²) in [4.78, 5) is 14.0. The van der Waals surface area contributed by atoms with Crippen molar-refractivity contribution in [3.05, 3.63) is 24.0 Å². The molecule has 1 saturated heterocycles. The number of anilines is 1. The Hall–Kier alpha value is -2.44. The molecule has 102 valence electrons. The van der Waals surface area contributed by atoms with Crippen LogP contribution in [0, 0.1) is 0 Å². The molecule has 1 unspecified atom stereocenters. The fourth-order valence-corrected chi connectivity index (χ4v) is 3.00. The van der Waals surface area contributed by atoms with Gasteiger partial charge in [0.25, 0.3) is 0 Å². The van der Waals surface area contributed by atoms with Crippen molar-refractivity contribution in [3.63, 3.8) is 0 Å². The molecule has 0 radical (unpaired) electrons. The maximum atomic E-state index is 12.2. The van der Waals surface area contributed by atoms with E-state index in [1.54, 1.807) is 11.8 Å². The lowest BCUT2D eigenvalue weighted by molar-refractivity contribution is -0.117. The lowest BCUT2D eigenvalue weighted by Gasteiger charge is -2.23. The number of tetrazole rings is 1. The first-order valence-electron chi connectivity index (χ1n) is 6.55. The van der Waals surface area contributed by atoms with Crippen LogP contribution >= 0.6 is 0 Å². The molecule has 0 N–H and O–H groups in total. The Bertz CT molecular complexity index is 696. The third-order valence-electron chi connectivity index (χ3n) is 3.95. The molecular weight excluding hydrogens is 258 g/mol. The molecule has 0 saturated carbocycles. The van der Waals surface area contributed by atoms with E-state index in [1.165, 1.54) is 0 Å². The number of ether oxygens (including phenoxy) is 1. The molecule has 1 amide bonds. The number of hydrogen-bond acceptors (Lipinski definition) is 5. The summed E-state index contributed by atoms with van der Waals surface area (Å²) in [6, 6.07) is 5.77. The van der Waals surface area contributed by atoms with Crippen LogP contribution in [0.4, 0.5) is 5.69 Å². The van der Waals surface area contributed by atoms with Crippen LogP contribution in [0.1, 0.15) is 18.7 Å². The van der Waals surface area contributed by atoms with Crippen LogP contribution in [-0.2, 0) is 11.2 Å². The van der Waals surface area contributed by atoms with Gasteiger partial charge in [0.15, 0.2) is 5.82 Å². The van der Waals surface area contributed by atoms with Crippen LogP contribution < -0.4 is 9.64 Å². The summed E-state index contributed by atoms with van der Waals surface area (Å²) in [5, 5.41) is 11.9. The first-order chi connectivity index (χ1) is 9.78. The van der Waals surface area contributed by atoms with Crippen molar-refractivity contribution in [2.75, 3.05) is 12.0 Å². The van der Waals surface area contributed by atoms with Gasteiger partial charge in [-0.1, -0.05) is 0 Å². The van der Waals surface area contributed by atoms with E-state index in [0.29, 0.717) is 12.8 Å². The van der Waals surface area contributed by atoms with Crippen LogP contribution in [0.5, 0.6) is 5.75 Å². The molecule has 0 spiro atoms.